The summed E-state index contributed by atoms with van der Waals surface area (Å²) in [5.74, 6) is 0. The van der Waals surface area contributed by atoms with E-state index < -0.39 is 10.0 Å². The van der Waals surface area contributed by atoms with Crippen molar-refractivity contribution in [3.05, 3.63) is 18.0 Å². The average molecular weight is 271 g/mol. The van der Waals surface area contributed by atoms with E-state index in [-0.39, 0.29) is 6.04 Å². The van der Waals surface area contributed by atoms with Gasteiger partial charge in [0.25, 0.3) is 0 Å². The van der Waals surface area contributed by atoms with E-state index in [4.69, 9.17) is 0 Å². The topological polar surface area (TPSA) is 63.1 Å². The largest absolute Gasteiger partial charge is 0.352 e. The Morgan fingerprint density at radius 3 is 2.72 bits per heavy atom. The first kappa shape index (κ1) is 13.6. The van der Waals surface area contributed by atoms with Crippen LogP contribution in [0.5, 0.6) is 0 Å². The molecular formula is C12H21N3O2S. The van der Waals surface area contributed by atoms with Crippen LogP contribution in [0.2, 0.25) is 0 Å². The number of aromatic nitrogens is 1. The van der Waals surface area contributed by atoms with Crippen LogP contribution in [0.4, 0.5) is 0 Å². The van der Waals surface area contributed by atoms with Crippen LogP contribution in [0.1, 0.15) is 31.9 Å². The molecule has 102 valence electrons. The molecule has 5 nitrogen and oxygen atoms in total. The number of hydrogen-bond donors (Lipinski definition) is 2. The van der Waals surface area contributed by atoms with Crippen LogP contribution in [-0.4, -0.2) is 25.6 Å². The summed E-state index contributed by atoms with van der Waals surface area (Å²) in [6, 6.07) is 1.87. The molecule has 2 rings (SSSR count). The van der Waals surface area contributed by atoms with Crippen LogP contribution in [-0.2, 0) is 23.6 Å². The summed E-state index contributed by atoms with van der Waals surface area (Å²) < 4.78 is 28.9. The molecule has 6 heteroatoms. The van der Waals surface area contributed by atoms with Gasteiger partial charge in [-0.25, -0.2) is 13.1 Å². The minimum absolute atomic E-state index is 0.132. The Balaban J connectivity index is 2.11. The molecule has 1 aliphatic rings. The molecule has 0 unspecified atom stereocenters. The molecule has 0 radical (unpaired) electrons. The lowest BCUT2D eigenvalue weighted by molar-refractivity contribution is 0.383. The molecule has 2 N–H and O–H groups in total. The van der Waals surface area contributed by atoms with Crippen LogP contribution in [0.15, 0.2) is 17.2 Å². The summed E-state index contributed by atoms with van der Waals surface area (Å²) in [5.41, 5.74) is 0.978. The summed E-state index contributed by atoms with van der Waals surface area (Å²) in [6.07, 6.45) is 4.70. The maximum atomic E-state index is 12.1. The van der Waals surface area contributed by atoms with Crippen molar-refractivity contribution in [2.45, 2.75) is 43.7 Å². The molecule has 1 aliphatic carbocycles. The van der Waals surface area contributed by atoms with Crippen molar-refractivity contribution in [1.82, 2.24) is 14.6 Å². The Hall–Kier alpha value is -0.850. The van der Waals surface area contributed by atoms with E-state index in [0.717, 1.165) is 31.5 Å². The lowest BCUT2D eigenvalue weighted by Gasteiger charge is -2.25. The second-order valence-electron chi connectivity index (χ2n) is 4.81. The Morgan fingerprint density at radius 1 is 1.44 bits per heavy atom. The van der Waals surface area contributed by atoms with Crippen molar-refractivity contribution in [3.63, 3.8) is 0 Å². The Kier molecular flexibility index (Phi) is 4.09. The Bertz CT molecular complexity index is 503. The zero-order valence-corrected chi connectivity index (χ0v) is 11.8. The third-order valence-corrected chi connectivity index (χ3v) is 4.86. The van der Waals surface area contributed by atoms with Crippen LogP contribution < -0.4 is 10.0 Å². The highest BCUT2D eigenvalue weighted by Crippen LogP contribution is 2.21. The van der Waals surface area contributed by atoms with Gasteiger partial charge in [-0.3, -0.25) is 0 Å². The predicted octanol–water partition coefficient (Wildman–Crippen LogP) is 0.965. The smallest absolute Gasteiger partial charge is 0.242 e. The minimum Gasteiger partial charge on any atom is -0.352 e. The summed E-state index contributed by atoms with van der Waals surface area (Å²) in [5, 5.41) is 3.20. The van der Waals surface area contributed by atoms with E-state index in [1.165, 1.54) is 0 Å². The molecule has 0 spiro atoms. The molecule has 0 atom stereocenters. The fourth-order valence-electron chi connectivity index (χ4n) is 1.97. The van der Waals surface area contributed by atoms with Crippen molar-refractivity contribution < 1.29 is 8.42 Å². The number of nitrogens with one attached hydrogen (secondary N) is 2. The van der Waals surface area contributed by atoms with E-state index >= 15 is 0 Å². The lowest BCUT2D eigenvalue weighted by atomic mass is 9.94. The molecule has 0 saturated heterocycles. The SMILES string of the molecule is CCNCc1cc(S(=O)(=O)NC2CCC2)cn1C. The van der Waals surface area contributed by atoms with E-state index in [1.807, 2.05) is 18.5 Å². The van der Waals surface area contributed by atoms with Gasteiger partial charge in [-0.1, -0.05) is 13.3 Å². The first-order chi connectivity index (χ1) is 8.53. The number of sulfonamides is 1. The minimum atomic E-state index is -3.35. The number of hydrogen-bond acceptors (Lipinski definition) is 3. The van der Waals surface area contributed by atoms with E-state index in [1.54, 1.807) is 12.3 Å². The van der Waals surface area contributed by atoms with Crippen molar-refractivity contribution >= 4 is 10.0 Å². The summed E-state index contributed by atoms with van der Waals surface area (Å²) in [7, 11) is -1.48. The average Bonchev–Trinajstić information content (AvgIpc) is 2.64. The summed E-state index contributed by atoms with van der Waals surface area (Å²) in [4.78, 5) is 0.366. The van der Waals surface area contributed by atoms with Gasteiger partial charge < -0.3 is 9.88 Å². The molecule has 18 heavy (non-hydrogen) atoms. The standard InChI is InChI=1S/C12H21N3O2S/c1-3-13-8-11-7-12(9-15(11)2)18(16,17)14-10-5-4-6-10/h7,9-10,13-14H,3-6,8H2,1-2H3. The number of nitrogens with zero attached hydrogens (tertiary/aromatic N) is 1. The van der Waals surface area contributed by atoms with Gasteiger partial charge in [-0.2, -0.15) is 0 Å². The molecule has 1 aromatic heterocycles. The van der Waals surface area contributed by atoms with Crippen LogP contribution in [0.25, 0.3) is 0 Å². The fourth-order valence-corrected chi connectivity index (χ4v) is 3.37. The molecule has 1 heterocycles. The van der Waals surface area contributed by atoms with Gasteiger partial charge in [0.2, 0.25) is 10.0 Å². The Labute approximate surface area is 109 Å². The predicted molar refractivity (Wildman–Crippen MR) is 70.8 cm³/mol. The maximum Gasteiger partial charge on any atom is 0.242 e. The molecule has 0 aromatic carbocycles. The molecule has 0 aliphatic heterocycles. The van der Waals surface area contributed by atoms with Crippen LogP contribution in [0.3, 0.4) is 0 Å². The quantitative estimate of drug-likeness (QED) is 0.810. The van der Waals surface area contributed by atoms with Crippen LogP contribution >= 0.6 is 0 Å². The first-order valence-electron chi connectivity index (χ1n) is 6.41. The van der Waals surface area contributed by atoms with Gasteiger partial charge in [0.15, 0.2) is 0 Å². The van der Waals surface area contributed by atoms with E-state index in [9.17, 15) is 8.42 Å². The van der Waals surface area contributed by atoms with Gasteiger partial charge in [0.05, 0.1) is 4.90 Å². The van der Waals surface area contributed by atoms with Gasteiger partial charge in [-0.05, 0) is 25.5 Å². The third kappa shape index (κ3) is 2.93. The number of rotatable bonds is 6. The maximum absolute atomic E-state index is 12.1. The van der Waals surface area contributed by atoms with Gasteiger partial charge in [0.1, 0.15) is 0 Å². The van der Waals surface area contributed by atoms with Crippen LogP contribution in [0, 0.1) is 0 Å². The molecule has 0 bridgehead atoms. The highest BCUT2D eigenvalue weighted by Gasteiger charge is 2.25. The number of aryl methyl sites for hydroxylation is 1. The van der Waals surface area contributed by atoms with Crippen molar-refractivity contribution in [2.75, 3.05) is 6.54 Å². The molecule has 0 amide bonds. The van der Waals surface area contributed by atoms with Gasteiger partial charge >= 0.3 is 0 Å². The summed E-state index contributed by atoms with van der Waals surface area (Å²) >= 11 is 0. The zero-order chi connectivity index (χ0) is 13.2. The van der Waals surface area contributed by atoms with Crippen molar-refractivity contribution in [3.8, 4) is 0 Å². The fraction of sp³-hybridized carbons (Fsp3) is 0.667. The first-order valence-corrected chi connectivity index (χ1v) is 7.89. The van der Waals surface area contributed by atoms with Gasteiger partial charge in [-0.15, -0.1) is 0 Å². The Morgan fingerprint density at radius 2 is 2.17 bits per heavy atom. The molecule has 1 saturated carbocycles. The lowest BCUT2D eigenvalue weighted by Crippen LogP contribution is -2.39. The molecular weight excluding hydrogens is 250 g/mol. The second-order valence-corrected chi connectivity index (χ2v) is 6.52. The monoisotopic (exact) mass is 271 g/mol. The molecule has 1 aromatic rings. The highest BCUT2D eigenvalue weighted by atomic mass is 32.2. The van der Waals surface area contributed by atoms with Crippen molar-refractivity contribution in [1.29, 1.82) is 0 Å². The molecule has 1 fully saturated rings. The second kappa shape index (κ2) is 5.42. The zero-order valence-electron chi connectivity index (χ0n) is 10.9. The van der Waals surface area contributed by atoms with E-state index in [2.05, 4.69) is 10.0 Å². The van der Waals surface area contributed by atoms with E-state index in [0.29, 0.717) is 11.4 Å². The normalized spacial score (nSPS) is 16.8. The van der Waals surface area contributed by atoms with Crippen molar-refractivity contribution in [2.24, 2.45) is 7.05 Å². The van der Waals surface area contributed by atoms with Gasteiger partial charge in [0, 0.05) is 31.5 Å². The highest BCUT2D eigenvalue weighted by molar-refractivity contribution is 7.89. The third-order valence-electron chi connectivity index (χ3n) is 3.38. The summed E-state index contributed by atoms with van der Waals surface area (Å²) in [6.45, 7) is 3.58.